The largest absolute Gasteiger partial charge is 0.481 e. The van der Waals surface area contributed by atoms with Crippen molar-refractivity contribution in [3.8, 4) is 0 Å². The van der Waals surface area contributed by atoms with Crippen LogP contribution >= 0.6 is 0 Å². The van der Waals surface area contributed by atoms with Gasteiger partial charge in [-0.2, -0.15) is 0 Å². The molecular formula is C16H29NO2. The highest BCUT2D eigenvalue weighted by Crippen LogP contribution is 2.40. The summed E-state index contributed by atoms with van der Waals surface area (Å²) in [4.78, 5) is 13.4. The molecule has 0 aromatic heterocycles. The van der Waals surface area contributed by atoms with Crippen molar-refractivity contribution in [2.75, 3.05) is 6.54 Å². The number of likely N-dealkylation sites (tertiary alicyclic amines) is 1. The van der Waals surface area contributed by atoms with Gasteiger partial charge in [-0.05, 0) is 56.4 Å². The zero-order chi connectivity index (χ0) is 14.0. The second-order valence-electron chi connectivity index (χ2n) is 7.50. The Hall–Kier alpha value is -0.570. The predicted octanol–water partition coefficient (Wildman–Crippen LogP) is 3.53. The Labute approximate surface area is 117 Å². The second kappa shape index (κ2) is 5.82. The fraction of sp³-hybridized carbons (Fsp3) is 0.938. The number of aliphatic carboxylic acids is 1. The van der Waals surface area contributed by atoms with E-state index in [1.54, 1.807) is 0 Å². The minimum absolute atomic E-state index is 0.300. The lowest BCUT2D eigenvalue weighted by Crippen LogP contribution is -2.43. The monoisotopic (exact) mass is 267 g/mol. The Balaban J connectivity index is 1.88. The van der Waals surface area contributed by atoms with Gasteiger partial charge in [-0.3, -0.25) is 9.69 Å². The Kier molecular flexibility index (Phi) is 4.54. The molecule has 0 bridgehead atoms. The van der Waals surface area contributed by atoms with Crippen LogP contribution < -0.4 is 0 Å². The smallest absolute Gasteiger partial charge is 0.304 e. The van der Waals surface area contributed by atoms with E-state index in [2.05, 4.69) is 25.7 Å². The van der Waals surface area contributed by atoms with Gasteiger partial charge >= 0.3 is 5.97 Å². The summed E-state index contributed by atoms with van der Waals surface area (Å²) in [6, 6.07) is 0.944. The van der Waals surface area contributed by atoms with Gasteiger partial charge in [0.25, 0.3) is 0 Å². The first-order chi connectivity index (χ1) is 8.88. The zero-order valence-corrected chi connectivity index (χ0v) is 12.7. The van der Waals surface area contributed by atoms with Crippen LogP contribution in [0.3, 0.4) is 0 Å². The minimum atomic E-state index is -0.639. The lowest BCUT2D eigenvalue weighted by molar-refractivity contribution is -0.138. The summed E-state index contributed by atoms with van der Waals surface area (Å²) >= 11 is 0. The lowest BCUT2D eigenvalue weighted by atomic mass is 9.71. The molecule has 1 heterocycles. The Morgan fingerprint density at radius 1 is 1.16 bits per heavy atom. The van der Waals surface area contributed by atoms with Crippen molar-refractivity contribution < 1.29 is 9.90 Å². The molecule has 1 saturated heterocycles. The number of hydrogen-bond donors (Lipinski definition) is 1. The standard InChI is InChI=1S/C16H29NO2/c1-16(2,3)12-6-8-13(9-7-12)17-10-4-5-14(17)11-15(18)19/h12-14H,4-11H2,1-3H3,(H,18,19). The van der Waals surface area contributed by atoms with Crippen molar-refractivity contribution in [3.05, 3.63) is 0 Å². The molecule has 19 heavy (non-hydrogen) atoms. The summed E-state index contributed by atoms with van der Waals surface area (Å²) in [5.74, 6) is 0.199. The fourth-order valence-corrected chi connectivity index (χ4v) is 4.03. The average Bonchev–Trinajstić information content (AvgIpc) is 2.75. The molecule has 2 rings (SSSR count). The van der Waals surface area contributed by atoms with Gasteiger partial charge in [0.1, 0.15) is 0 Å². The molecule has 1 atom stereocenters. The quantitative estimate of drug-likeness (QED) is 0.850. The molecule has 2 aliphatic rings. The van der Waals surface area contributed by atoms with Crippen molar-refractivity contribution in [3.63, 3.8) is 0 Å². The molecule has 0 spiro atoms. The first kappa shape index (κ1) is 14.8. The third-order valence-electron chi connectivity index (χ3n) is 5.22. The third-order valence-corrected chi connectivity index (χ3v) is 5.22. The summed E-state index contributed by atoms with van der Waals surface area (Å²) in [6.07, 6.45) is 7.73. The molecule has 3 nitrogen and oxygen atoms in total. The summed E-state index contributed by atoms with van der Waals surface area (Å²) in [5.41, 5.74) is 0.427. The first-order valence-electron chi connectivity index (χ1n) is 7.85. The molecule has 1 aliphatic heterocycles. The van der Waals surface area contributed by atoms with Gasteiger partial charge in [-0.1, -0.05) is 20.8 Å². The first-order valence-corrected chi connectivity index (χ1v) is 7.85. The van der Waals surface area contributed by atoms with Crippen molar-refractivity contribution in [1.29, 1.82) is 0 Å². The highest BCUT2D eigenvalue weighted by molar-refractivity contribution is 5.67. The van der Waals surface area contributed by atoms with E-state index >= 15 is 0 Å². The normalized spacial score (nSPS) is 33.5. The molecule has 1 aliphatic carbocycles. The van der Waals surface area contributed by atoms with Crippen molar-refractivity contribution >= 4 is 5.97 Å². The van der Waals surface area contributed by atoms with E-state index in [-0.39, 0.29) is 0 Å². The Morgan fingerprint density at radius 3 is 2.32 bits per heavy atom. The van der Waals surface area contributed by atoms with Crippen LogP contribution in [0.1, 0.15) is 65.7 Å². The number of rotatable bonds is 3. The molecular weight excluding hydrogens is 238 g/mol. The topological polar surface area (TPSA) is 40.5 Å². The summed E-state index contributed by atoms with van der Waals surface area (Å²) in [7, 11) is 0. The van der Waals surface area contributed by atoms with Crippen molar-refractivity contribution in [1.82, 2.24) is 4.90 Å². The second-order valence-corrected chi connectivity index (χ2v) is 7.50. The van der Waals surface area contributed by atoms with Gasteiger partial charge in [-0.15, -0.1) is 0 Å². The number of carboxylic acid groups (broad SMARTS) is 1. The molecule has 110 valence electrons. The molecule has 0 aromatic carbocycles. The van der Waals surface area contributed by atoms with Gasteiger partial charge < -0.3 is 5.11 Å². The van der Waals surface area contributed by atoms with Gasteiger partial charge in [0.05, 0.1) is 6.42 Å². The van der Waals surface area contributed by atoms with Crippen molar-refractivity contribution in [2.45, 2.75) is 77.8 Å². The summed E-state index contributed by atoms with van der Waals surface area (Å²) in [6.45, 7) is 8.16. The van der Waals surface area contributed by atoms with Crippen molar-refractivity contribution in [2.24, 2.45) is 11.3 Å². The summed E-state index contributed by atoms with van der Waals surface area (Å²) in [5, 5.41) is 9.01. The molecule has 0 amide bonds. The van der Waals surface area contributed by atoms with Crippen LogP contribution in [0.4, 0.5) is 0 Å². The van der Waals surface area contributed by atoms with E-state index in [0.29, 0.717) is 23.9 Å². The van der Waals surface area contributed by atoms with Gasteiger partial charge in [0, 0.05) is 12.1 Å². The number of carboxylic acids is 1. The predicted molar refractivity (Wildman–Crippen MR) is 77.2 cm³/mol. The maximum absolute atomic E-state index is 10.9. The third kappa shape index (κ3) is 3.71. The van der Waals surface area contributed by atoms with E-state index < -0.39 is 5.97 Å². The van der Waals surface area contributed by atoms with Crippen LogP contribution in [0, 0.1) is 11.3 Å². The van der Waals surface area contributed by atoms with E-state index in [1.807, 2.05) is 0 Å². The molecule has 3 heteroatoms. The van der Waals surface area contributed by atoms with E-state index in [1.165, 1.54) is 32.1 Å². The van der Waals surface area contributed by atoms with Crippen LogP contribution in [0.5, 0.6) is 0 Å². The van der Waals surface area contributed by atoms with E-state index in [4.69, 9.17) is 5.11 Å². The summed E-state index contributed by atoms with van der Waals surface area (Å²) < 4.78 is 0. The van der Waals surface area contributed by atoms with E-state index in [9.17, 15) is 4.79 Å². The average molecular weight is 267 g/mol. The van der Waals surface area contributed by atoms with Crippen LogP contribution in [0.2, 0.25) is 0 Å². The van der Waals surface area contributed by atoms with Gasteiger partial charge in [-0.25, -0.2) is 0 Å². The Morgan fingerprint density at radius 2 is 1.79 bits per heavy atom. The van der Waals surface area contributed by atoms with Crippen LogP contribution in [-0.4, -0.2) is 34.6 Å². The lowest BCUT2D eigenvalue weighted by Gasteiger charge is -2.41. The molecule has 1 N–H and O–H groups in total. The Bertz CT molecular complexity index is 313. The fourth-order valence-electron chi connectivity index (χ4n) is 4.03. The highest BCUT2D eigenvalue weighted by atomic mass is 16.4. The van der Waals surface area contributed by atoms with Crippen LogP contribution in [0.25, 0.3) is 0 Å². The molecule has 2 fully saturated rings. The maximum Gasteiger partial charge on any atom is 0.304 e. The van der Waals surface area contributed by atoms with E-state index in [0.717, 1.165) is 18.9 Å². The van der Waals surface area contributed by atoms with Gasteiger partial charge in [0.15, 0.2) is 0 Å². The number of nitrogens with zero attached hydrogens (tertiary/aromatic N) is 1. The maximum atomic E-state index is 10.9. The number of carbonyl (C=O) groups is 1. The molecule has 0 radical (unpaired) electrons. The zero-order valence-electron chi connectivity index (χ0n) is 12.7. The van der Waals surface area contributed by atoms with Crippen LogP contribution in [0.15, 0.2) is 0 Å². The number of hydrogen-bond acceptors (Lipinski definition) is 2. The molecule has 1 saturated carbocycles. The van der Waals surface area contributed by atoms with Gasteiger partial charge in [0.2, 0.25) is 0 Å². The molecule has 0 aromatic rings. The molecule has 1 unspecified atom stereocenters. The SMILES string of the molecule is CC(C)(C)C1CCC(N2CCCC2CC(=O)O)CC1. The highest BCUT2D eigenvalue weighted by Gasteiger charge is 2.36. The minimum Gasteiger partial charge on any atom is -0.481 e. The van der Waals surface area contributed by atoms with Crippen LogP contribution in [-0.2, 0) is 4.79 Å².